The lowest BCUT2D eigenvalue weighted by Crippen LogP contribution is -2.37. The lowest BCUT2D eigenvalue weighted by molar-refractivity contribution is -0.274. The molecule has 1 saturated carbocycles. The molecular formula is C12H13F3O2. The van der Waals surface area contributed by atoms with E-state index in [4.69, 9.17) is 0 Å². The van der Waals surface area contributed by atoms with Gasteiger partial charge in [-0.1, -0.05) is 19.1 Å². The van der Waals surface area contributed by atoms with Crippen LogP contribution >= 0.6 is 0 Å². The molecule has 2 nitrogen and oxygen atoms in total. The Kier molecular flexibility index (Phi) is 3.03. The summed E-state index contributed by atoms with van der Waals surface area (Å²) in [4.78, 5) is 0. The van der Waals surface area contributed by atoms with Crippen molar-refractivity contribution in [2.75, 3.05) is 0 Å². The van der Waals surface area contributed by atoms with Crippen LogP contribution in [-0.4, -0.2) is 17.6 Å². The van der Waals surface area contributed by atoms with Gasteiger partial charge in [0, 0.05) is 0 Å². The minimum atomic E-state index is -4.65. The molecule has 1 N–H and O–H groups in total. The Morgan fingerprint density at radius 3 is 2.24 bits per heavy atom. The molecule has 3 unspecified atom stereocenters. The van der Waals surface area contributed by atoms with Gasteiger partial charge < -0.3 is 9.84 Å². The molecule has 1 aromatic rings. The number of ether oxygens (including phenoxy) is 1. The predicted octanol–water partition coefficient (Wildman–Crippen LogP) is 3.07. The Hall–Kier alpha value is -1.23. The summed E-state index contributed by atoms with van der Waals surface area (Å²) < 4.78 is 39.6. The van der Waals surface area contributed by atoms with Crippen LogP contribution in [-0.2, 0) is 0 Å². The van der Waals surface area contributed by atoms with Crippen molar-refractivity contribution in [2.24, 2.45) is 5.92 Å². The first kappa shape index (κ1) is 12.2. The van der Waals surface area contributed by atoms with Crippen LogP contribution in [0.15, 0.2) is 24.3 Å². The molecule has 94 valence electrons. The van der Waals surface area contributed by atoms with Crippen molar-refractivity contribution < 1.29 is 23.0 Å². The topological polar surface area (TPSA) is 29.5 Å². The largest absolute Gasteiger partial charge is 0.573 e. The van der Waals surface area contributed by atoms with Crippen LogP contribution in [0.4, 0.5) is 13.2 Å². The molecule has 1 aliphatic rings. The fourth-order valence-corrected chi connectivity index (χ4v) is 2.12. The minimum absolute atomic E-state index is 0.157. The number of hydrogen-bond acceptors (Lipinski definition) is 2. The van der Waals surface area contributed by atoms with Gasteiger partial charge in [0.15, 0.2) is 0 Å². The van der Waals surface area contributed by atoms with Gasteiger partial charge in [0.2, 0.25) is 0 Å². The van der Waals surface area contributed by atoms with Gasteiger partial charge in [0.05, 0.1) is 6.10 Å². The number of halogens is 3. The highest BCUT2D eigenvalue weighted by atomic mass is 19.4. The van der Waals surface area contributed by atoms with Crippen LogP contribution in [0.3, 0.4) is 0 Å². The maximum absolute atomic E-state index is 11.9. The zero-order chi connectivity index (χ0) is 12.6. The molecule has 1 fully saturated rings. The number of alkyl halides is 3. The van der Waals surface area contributed by atoms with Crippen LogP contribution in [0.5, 0.6) is 5.75 Å². The Balaban J connectivity index is 2.04. The maximum atomic E-state index is 11.9. The van der Waals surface area contributed by atoms with E-state index >= 15 is 0 Å². The van der Waals surface area contributed by atoms with E-state index in [-0.39, 0.29) is 23.7 Å². The minimum Gasteiger partial charge on any atom is -0.406 e. The molecule has 0 saturated heterocycles. The number of aliphatic hydroxyl groups is 1. The fourth-order valence-electron chi connectivity index (χ4n) is 2.12. The van der Waals surface area contributed by atoms with E-state index < -0.39 is 6.36 Å². The zero-order valence-corrected chi connectivity index (χ0v) is 9.24. The zero-order valence-electron chi connectivity index (χ0n) is 9.24. The summed E-state index contributed by atoms with van der Waals surface area (Å²) in [5, 5.41) is 9.38. The standard InChI is InChI=1S/C12H13F3O2/c1-7-10(6-11(7)16)8-2-4-9(5-3-8)17-12(13,14)15/h2-5,7,10-11,16H,6H2,1H3. The van der Waals surface area contributed by atoms with E-state index in [1.807, 2.05) is 6.92 Å². The summed E-state index contributed by atoms with van der Waals surface area (Å²) in [6.07, 6.45) is -4.28. The van der Waals surface area contributed by atoms with Gasteiger partial charge in [-0.2, -0.15) is 0 Å². The van der Waals surface area contributed by atoms with Gasteiger partial charge in [-0.3, -0.25) is 0 Å². The van der Waals surface area contributed by atoms with E-state index in [1.54, 1.807) is 12.1 Å². The fraction of sp³-hybridized carbons (Fsp3) is 0.500. The third kappa shape index (κ3) is 2.72. The molecule has 0 amide bonds. The normalized spacial score (nSPS) is 28.6. The van der Waals surface area contributed by atoms with Crippen molar-refractivity contribution in [3.63, 3.8) is 0 Å². The first-order valence-electron chi connectivity index (χ1n) is 5.40. The van der Waals surface area contributed by atoms with E-state index in [2.05, 4.69) is 4.74 Å². The molecule has 0 heterocycles. The maximum Gasteiger partial charge on any atom is 0.573 e. The predicted molar refractivity (Wildman–Crippen MR) is 55.7 cm³/mol. The van der Waals surface area contributed by atoms with Crippen LogP contribution in [0.2, 0.25) is 0 Å². The molecule has 5 heteroatoms. The Bertz CT molecular complexity index is 386. The van der Waals surface area contributed by atoms with Crippen LogP contribution < -0.4 is 4.74 Å². The molecule has 2 rings (SSSR count). The van der Waals surface area contributed by atoms with Crippen molar-refractivity contribution in [3.05, 3.63) is 29.8 Å². The summed E-state index contributed by atoms with van der Waals surface area (Å²) in [5.74, 6) is 0.170. The van der Waals surface area contributed by atoms with Crippen molar-refractivity contribution in [3.8, 4) is 5.75 Å². The molecule has 0 radical (unpaired) electrons. The van der Waals surface area contributed by atoms with Crippen molar-refractivity contribution in [2.45, 2.75) is 31.7 Å². The second kappa shape index (κ2) is 4.22. The van der Waals surface area contributed by atoms with Gasteiger partial charge in [-0.15, -0.1) is 13.2 Å². The smallest absolute Gasteiger partial charge is 0.406 e. The lowest BCUT2D eigenvalue weighted by Gasteiger charge is -2.39. The van der Waals surface area contributed by atoms with Crippen LogP contribution in [0.1, 0.15) is 24.8 Å². The highest BCUT2D eigenvalue weighted by molar-refractivity contribution is 5.31. The molecule has 0 aliphatic heterocycles. The average Bonchev–Trinajstić information content (AvgIpc) is 2.25. The average molecular weight is 246 g/mol. The second-order valence-corrected chi connectivity index (χ2v) is 4.39. The molecule has 0 spiro atoms. The first-order chi connectivity index (χ1) is 7.87. The summed E-state index contributed by atoms with van der Waals surface area (Å²) in [6, 6.07) is 5.85. The monoisotopic (exact) mass is 246 g/mol. The lowest BCUT2D eigenvalue weighted by atomic mass is 9.69. The van der Waals surface area contributed by atoms with Gasteiger partial charge in [-0.25, -0.2) is 0 Å². The SMILES string of the molecule is CC1C(O)CC1c1ccc(OC(F)(F)F)cc1. The Labute approximate surface area is 97.0 Å². The molecule has 17 heavy (non-hydrogen) atoms. The third-order valence-corrected chi connectivity index (χ3v) is 3.28. The third-order valence-electron chi connectivity index (χ3n) is 3.28. The number of rotatable bonds is 2. The van der Waals surface area contributed by atoms with Gasteiger partial charge in [0.25, 0.3) is 0 Å². The molecule has 1 aromatic carbocycles. The van der Waals surface area contributed by atoms with Gasteiger partial charge in [-0.05, 0) is 36.0 Å². The quantitative estimate of drug-likeness (QED) is 0.869. The molecule has 0 bridgehead atoms. The Morgan fingerprint density at radius 1 is 1.24 bits per heavy atom. The van der Waals surface area contributed by atoms with E-state index in [9.17, 15) is 18.3 Å². The number of benzene rings is 1. The van der Waals surface area contributed by atoms with Crippen LogP contribution in [0, 0.1) is 5.92 Å². The summed E-state index contributed by atoms with van der Waals surface area (Å²) >= 11 is 0. The number of hydrogen-bond donors (Lipinski definition) is 1. The van der Waals surface area contributed by atoms with Crippen LogP contribution in [0.25, 0.3) is 0 Å². The van der Waals surface area contributed by atoms with Crippen molar-refractivity contribution >= 4 is 0 Å². The summed E-state index contributed by atoms with van der Waals surface area (Å²) in [7, 11) is 0. The molecular weight excluding hydrogens is 233 g/mol. The van der Waals surface area contributed by atoms with E-state index in [0.717, 1.165) is 5.56 Å². The molecule has 3 atom stereocenters. The van der Waals surface area contributed by atoms with Crippen molar-refractivity contribution in [1.82, 2.24) is 0 Å². The van der Waals surface area contributed by atoms with Gasteiger partial charge in [0.1, 0.15) is 5.75 Å². The van der Waals surface area contributed by atoms with Gasteiger partial charge >= 0.3 is 6.36 Å². The Morgan fingerprint density at radius 2 is 1.82 bits per heavy atom. The summed E-state index contributed by atoms with van der Waals surface area (Å²) in [5.41, 5.74) is 0.942. The van der Waals surface area contributed by atoms with E-state index in [1.165, 1.54) is 12.1 Å². The highest BCUT2D eigenvalue weighted by Gasteiger charge is 2.37. The first-order valence-corrected chi connectivity index (χ1v) is 5.40. The summed E-state index contributed by atoms with van der Waals surface area (Å²) in [6.45, 7) is 1.93. The molecule has 1 aliphatic carbocycles. The highest BCUT2D eigenvalue weighted by Crippen LogP contribution is 2.42. The van der Waals surface area contributed by atoms with Crippen molar-refractivity contribution in [1.29, 1.82) is 0 Å². The number of aliphatic hydroxyl groups excluding tert-OH is 1. The second-order valence-electron chi connectivity index (χ2n) is 4.39. The van der Waals surface area contributed by atoms with E-state index in [0.29, 0.717) is 6.42 Å². The molecule has 0 aromatic heterocycles.